The lowest BCUT2D eigenvalue weighted by molar-refractivity contribution is -0.132. The fourth-order valence-corrected chi connectivity index (χ4v) is 3.99. The minimum atomic E-state index is -1.28. The quantitative estimate of drug-likeness (QED) is 0.0914. The standard InChI is InChI=1S/C29H55NO5/c1-3-5-7-9-11-13-14-15-17-18-20-22-26(32)28(34)25(24-31)30-29(35)27(33)23-21-19-16-12-10-8-6-4-2/h9,11,15,17,25-28,31-34H,3-8,10,12-14,16,18-24H2,1-2H3,(H,30,35)/b11-9+,17-15+. The zero-order chi connectivity index (χ0) is 26.2. The van der Waals surface area contributed by atoms with Gasteiger partial charge in [-0.25, -0.2) is 0 Å². The van der Waals surface area contributed by atoms with Crippen LogP contribution in [-0.2, 0) is 4.79 Å². The van der Waals surface area contributed by atoms with Crippen LogP contribution in [0.1, 0.15) is 123 Å². The molecule has 4 unspecified atom stereocenters. The van der Waals surface area contributed by atoms with Crippen LogP contribution in [0.3, 0.4) is 0 Å². The molecule has 0 bridgehead atoms. The second kappa shape index (κ2) is 24.5. The second-order valence-electron chi connectivity index (χ2n) is 9.73. The summed E-state index contributed by atoms with van der Waals surface area (Å²) >= 11 is 0. The van der Waals surface area contributed by atoms with Gasteiger partial charge in [-0.1, -0.05) is 102 Å². The number of nitrogens with one attached hydrogen (secondary N) is 1. The Kier molecular flexibility index (Phi) is 23.6. The van der Waals surface area contributed by atoms with Crippen LogP contribution in [0, 0.1) is 0 Å². The summed E-state index contributed by atoms with van der Waals surface area (Å²) in [6.07, 6.45) is 22.1. The molecule has 0 aliphatic heterocycles. The molecule has 0 rings (SSSR count). The van der Waals surface area contributed by atoms with E-state index in [0.717, 1.165) is 44.9 Å². The van der Waals surface area contributed by atoms with E-state index < -0.39 is 36.9 Å². The highest BCUT2D eigenvalue weighted by molar-refractivity contribution is 5.80. The first-order chi connectivity index (χ1) is 17.0. The average Bonchev–Trinajstić information content (AvgIpc) is 2.86. The fourth-order valence-electron chi connectivity index (χ4n) is 3.99. The number of allylic oxidation sites excluding steroid dienone is 4. The molecule has 0 aliphatic carbocycles. The minimum absolute atomic E-state index is 0.360. The van der Waals surface area contributed by atoms with Crippen molar-refractivity contribution in [2.75, 3.05) is 6.61 Å². The van der Waals surface area contributed by atoms with Gasteiger partial charge in [0.25, 0.3) is 0 Å². The molecule has 4 atom stereocenters. The third-order valence-electron chi connectivity index (χ3n) is 6.39. The molecule has 0 aliphatic rings. The van der Waals surface area contributed by atoms with Crippen molar-refractivity contribution in [2.24, 2.45) is 0 Å². The van der Waals surface area contributed by atoms with Gasteiger partial charge in [0, 0.05) is 0 Å². The van der Waals surface area contributed by atoms with Crippen LogP contribution >= 0.6 is 0 Å². The van der Waals surface area contributed by atoms with Gasteiger partial charge in [0.15, 0.2) is 0 Å². The Balaban J connectivity index is 4.05. The Labute approximate surface area is 214 Å². The van der Waals surface area contributed by atoms with Gasteiger partial charge in [0.2, 0.25) is 5.91 Å². The number of hydrogen-bond donors (Lipinski definition) is 5. The van der Waals surface area contributed by atoms with E-state index >= 15 is 0 Å². The number of hydrogen-bond acceptors (Lipinski definition) is 5. The summed E-state index contributed by atoms with van der Waals surface area (Å²) in [7, 11) is 0. The van der Waals surface area contributed by atoms with Gasteiger partial charge in [-0.2, -0.15) is 0 Å². The molecule has 5 N–H and O–H groups in total. The lowest BCUT2D eigenvalue weighted by Gasteiger charge is -2.27. The second-order valence-corrected chi connectivity index (χ2v) is 9.73. The molecule has 35 heavy (non-hydrogen) atoms. The van der Waals surface area contributed by atoms with Crippen LogP contribution in [0.2, 0.25) is 0 Å². The summed E-state index contributed by atoms with van der Waals surface area (Å²) in [5, 5.41) is 42.9. The van der Waals surface area contributed by atoms with E-state index in [-0.39, 0.29) is 0 Å². The summed E-state index contributed by atoms with van der Waals surface area (Å²) in [4.78, 5) is 12.3. The molecule has 0 aromatic rings. The molecule has 0 fully saturated rings. The van der Waals surface area contributed by atoms with Crippen LogP contribution < -0.4 is 5.32 Å². The van der Waals surface area contributed by atoms with Gasteiger partial charge in [-0.05, 0) is 44.9 Å². The number of carbonyl (C=O) groups is 1. The van der Waals surface area contributed by atoms with Gasteiger partial charge >= 0.3 is 0 Å². The first kappa shape index (κ1) is 33.8. The molecule has 206 valence electrons. The zero-order valence-electron chi connectivity index (χ0n) is 22.5. The lowest BCUT2D eigenvalue weighted by Crippen LogP contribution is -2.53. The average molecular weight is 498 g/mol. The minimum Gasteiger partial charge on any atom is -0.394 e. The van der Waals surface area contributed by atoms with Crippen molar-refractivity contribution in [3.8, 4) is 0 Å². The zero-order valence-corrected chi connectivity index (χ0v) is 22.5. The van der Waals surface area contributed by atoms with Gasteiger partial charge in [0.05, 0.1) is 18.8 Å². The Bertz CT molecular complexity index is 537. The number of unbranched alkanes of at least 4 members (excludes halogenated alkanes) is 11. The molecule has 0 aromatic heterocycles. The third-order valence-corrected chi connectivity index (χ3v) is 6.39. The molecule has 0 saturated heterocycles. The maximum Gasteiger partial charge on any atom is 0.249 e. The molecule has 6 nitrogen and oxygen atoms in total. The maximum absolute atomic E-state index is 12.3. The summed E-state index contributed by atoms with van der Waals surface area (Å²) < 4.78 is 0. The Morgan fingerprint density at radius 1 is 0.686 bits per heavy atom. The number of carbonyl (C=O) groups excluding carboxylic acids is 1. The molecule has 1 amide bonds. The largest absolute Gasteiger partial charge is 0.394 e. The summed E-state index contributed by atoms with van der Waals surface area (Å²) in [5.74, 6) is -0.607. The van der Waals surface area contributed by atoms with E-state index in [9.17, 15) is 25.2 Å². The molecule has 0 heterocycles. The monoisotopic (exact) mass is 497 g/mol. The Hall–Kier alpha value is -1.21. The predicted octanol–water partition coefficient (Wildman–Crippen LogP) is 5.33. The normalized spacial score (nSPS) is 15.5. The smallest absolute Gasteiger partial charge is 0.249 e. The van der Waals surface area contributed by atoms with E-state index in [1.807, 2.05) is 0 Å². The number of aliphatic hydroxyl groups is 4. The van der Waals surface area contributed by atoms with E-state index in [2.05, 4.69) is 43.5 Å². The summed E-state index contributed by atoms with van der Waals surface area (Å²) in [5.41, 5.74) is 0. The Morgan fingerprint density at radius 2 is 1.20 bits per heavy atom. The van der Waals surface area contributed by atoms with Gasteiger partial charge in [-0.15, -0.1) is 0 Å². The first-order valence-corrected chi connectivity index (χ1v) is 14.2. The molecule has 0 saturated carbocycles. The van der Waals surface area contributed by atoms with E-state index in [1.54, 1.807) is 0 Å². The molecule has 0 aromatic carbocycles. The van der Waals surface area contributed by atoms with Crippen LogP contribution in [0.15, 0.2) is 24.3 Å². The highest BCUT2D eigenvalue weighted by Gasteiger charge is 2.28. The van der Waals surface area contributed by atoms with E-state index in [1.165, 1.54) is 44.9 Å². The SMILES string of the molecule is CCCC/C=C/CC/C=C/CCCC(O)C(O)C(CO)NC(=O)C(O)CCCCCCCCCC. The molecular formula is C29H55NO5. The fraction of sp³-hybridized carbons (Fsp3) is 0.828. The molecular weight excluding hydrogens is 442 g/mol. The van der Waals surface area contributed by atoms with Crippen molar-refractivity contribution < 1.29 is 25.2 Å². The first-order valence-electron chi connectivity index (χ1n) is 14.2. The molecule has 0 radical (unpaired) electrons. The number of amides is 1. The van der Waals surface area contributed by atoms with Crippen molar-refractivity contribution in [3.63, 3.8) is 0 Å². The summed E-state index contributed by atoms with van der Waals surface area (Å²) in [6.45, 7) is 3.89. The maximum atomic E-state index is 12.3. The van der Waals surface area contributed by atoms with E-state index in [0.29, 0.717) is 19.3 Å². The van der Waals surface area contributed by atoms with Crippen molar-refractivity contribution in [3.05, 3.63) is 24.3 Å². The number of rotatable bonds is 24. The van der Waals surface area contributed by atoms with Gasteiger partial charge < -0.3 is 25.7 Å². The highest BCUT2D eigenvalue weighted by atomic mass is 16.3. The lowest BCUT2D eigenvalue weighted by atomic mass is 10.00. The van der Waals surface area contributed by atoms with Crippen LogP contribution in [0.5, 0.6) is 0 Å². The van der Waals surface area contributed by atoms with Crippen molar-refractivity contribution in [1.82, 2.24) is 5.32 Å². The Morgan fingerprint density at radius 3 is 1.77 bits per heavy atom. The van der Waals surface area contributed by atoms with Crippen molar-refractivity contribution >= 4 is 5.91 Å². The third kappa shape index (κ3) is 19.6. The predicted molar refractivity (Wildman–Crippen MR) is 145 cm³/mol. The van der Waals surface area contributed by atoms with Crippen LogP contribution in [0.4, 0.5) is 0 Å². The summed E-state index contributed by atoms with van der Waals surface area (Å²) in [6, 6.07) is -0.999. The topological polar surface area (TPSA) is 110 Å². The van der Waals surface area contributed by atoms with Gasteiger partial charge in [0.1, 0.15) is 12.2 Å². The van der Waals surface area contributed by atoms with Crippen LogP contribution in [0.25, 0.3) is 0 Å². The van der Waals surface area contributed by atoms with Gasteiger partial charge in [-0.3, -0.25) is 4.79 Å². The molecule has 0 spiro atoms. The highest BCUT2D eigenvalue weighted by Crippen LogP contribution is 2.12. The number of aliphatic hydroxyl groups excluding tert-OH is 4. The van der Waals surface area contributed by atoms with E-state index in [4.69, 9.17) is 0 Å². The van der Waals surface area contributed by atoms with Crippen molar-refractivity contribution in [1.29, 1.82) is 0 Å². The van der Waals surface area contributed by atoms with Crippen LogP contribution in [-0.4, -0.2) is 57.3 Å². The molecule has 6 heteroatoms. The van der Waals surface area contributed by atoms with Crippen molar-refractivity contribution in [2.45, 2.75) is 147 Å².